The third-order valence-electron chi connectivity index (χ3n) is 17.3. The fraction of sp³-hybridized carbons (Fsp3) is 0.952. The van der Waals surface area contributed by atoms with Crippen molar-refractivity contribution in [2.24, 2.45) is 68.0 Å². The summed E-state index contributed by atoms with van der Waals surface area (Å²) in [5, 5.41) is 11.2. The molecule has 294 valence electrons. The Morgan fingerprint density at radius 2 is 1.08 bits per heavy atom. The Labute approximate surface area is 307 Å². The molecule has 6 rings (SSSR count). The summed E-state index contributed by atoms with van der Waals surface area (Å²) in [4.78, 5) is 26.7. The standard InChI is InChI=1S/C22H37FO4.C20H33FO3/c1-14-7-9-22-10-8-16(26-6)18(22)21(14,4)17(27-13-25-5)11-20(3,12-23)19(24)15(22)2;1-12-6-8-20-9-7-14(24-5)16(20)19(12,4)15(22)10-18(3,11-21)17(23)13(20)2/h14-18H,7-13H2,1-6H3;12-16,22H,6-11H2,1-5H3/t14-,15+,16-,17-,18?,20+,21+,22?;12-,13+,14-,15-,16?,18+,19+,20?/m11/s1. The van der Waals surface area contributed by atoms with Crippen LogP contribution in [0.4, 0.5) is 8.78 Å². The first kappa shape index (κ1) is 41.2. The maximum Gasteiger partial charge on any atom is 0.146 e. The Kier molecular flexibility index (Phi) is 11.8. The van der Waals surface area contributed by atoms with Gasteiger partial charge in [-0.25, -0.2) is 0 Å². The lowest BCUT2D eigenvalue weighted by Gasteiger charge is -2.62. The number of carbonyl (C=O) groups is 2. The van der Waals surface area contributed by atoms with Crippen LogP contribution in [0.15, 0.2) is 0 Å². The van der Waals surface area contributed by atoms with Crippen molar-refractivity contribution in [3.8, 4) is 0 Å². The number of rotatable bonds is 7. The summed E-state index contributed by atoms with van der Waals surface area (Å²) < 4.78 is 51.4. The number of methoxy groups -OCH3 is 3. The van der Waals surface area contributed by atoms with Crippen molar-refractivity contribution in [2.45, 2.75) is 144 Å². The predicted molar refractivity (Wildman–Crippen MR) is 193 cm³/mol. The second kappa shape index (κ2) is 14.6. The molecule has 16 atom stereocenters. The van der Waals surface area contributed by atoms with Crippen molar-refractivity contribution in [3.05, 3.63) is 0 Å². The Balaban J connectivity index is 0.000000199. The fourth-order valence-corrected chi connectivity index (χ4v) is 13.7. The molecular weight excluding hydrogens is 654 g/mol. The zero-order chi connectivity index (χ0) is 37.9. The highest BCUT2D eigenvalue weighted by atomic mass is 19.1. The summed E-state index contributed by atoms with van der Waals surface area (Å²) in [5.74, 6) is 0.891. The lowest BCUT2D eigenvalue weighted by atomic mass is 9.44. The van der Waals surface area contributed by atoms with Crippen molar-refractivity contribution in [3.63, 3.8) is 0 Å². The van der Waals surface area contributed by atoms with E-state index in [1.54, 1.807) is 35.2 Å². The van der Waals surface area contributed by atoms with Gasteiger partial charge in [-0.3, -0.25) is 18.4 Å². The Hall–Kier alpha value is -1.00. The normalized spacial score (nSPS) is 52.4. The average molecular weight is 725 g/mol. The van der Waals surface area contributed by atoms with Gasteiger partial charge in [-0.1, -0.05) is 55.4 Å². The van der Waals surface area contributed by atoms with Crippen LogP contribution in [0.3, 0.4) is 0 Å². The van der Waals surface area contributed by atoms with Gasteiger partial charge in [0.1, 0.15) is 31.7 Å². The van der Waals surface area contributed by atoms with Crippen LogP contribution in [-0.2, 0) is 28.5 Å². The average Bonchev–Trinajstić information content (AvgIpc) is 3.72. The van der Waals surface area contributed by atoms with Crippen LogP contribution in [0.1, 0.15) is 120 Å². The van der Waals surface area contributed by atoms with E-state index in [0.717, 1.165) is 51.4 Å². The van der Waals surface area contributed by atoms with Gasteiger partial charge >= 0.3 is 0 Å². The van der Waals surface area contributed by atoms with Crippen molar-refractivity contribution >= 4 is 11.6 Å². The largest absolute Gasteiger partial charge is 0.393 e. The van der Waals surface area contributed by atoms with E-state index in [-0.39, 0.29) is 88.4 Å². The lowest BCUT2D eigenvalue weighted by molar-refractivity contribution is -0.220. The van der Waals surface area contributed by atoms with Crippen molar-refractivity contribution in [1.29, 1.82) is 0 Å². The van der Waals surface area contributed by atoms with E-state index in [4.69, 9.17) is 18.9 Å². The summed E-state index contributed by atoms with van der Waals surface area (Å²) in [6.45, 7) is 15.4. The van der Waals surface area contributed by atoms with Gasteiger partial charge in [-0.05, 0) is 98.7 Å². The monoisotopic (exact) mass is 725 g/mol. The minimum absolute atomic E-state index is 0.00223. The van der Waals surface area contributed by atoms with Crippen LogP contribution in [0.5, 0.6) is 0 Å². The maximum absolute atomic E-state index is 14.2. The molecule has 1 N–H and O–H groups in total. The zero-order valence-electron chi connectivity index (χ0n) is 33.6. The SMILES string of the molecule is COCO[C@@H]1C[C@@](C)(CF)C(=O)[C@H](C)C23CC[C@@H](C)[C@]1(C)C2[C@H](OC)CC3.CO[C@@H]1CCC23CC[C@@H](C)[C@](C)(C12)[C@H](O)C[C@@](C)(CF)C(=O)[C@@H]3C. The molecule has 0 aliphatic heterocycles. The number of aliphatic hydroxyl groups excluding tert-OH is 1. The quantitative estimate of drug-likeness (QED) is 0.265. The van der Waals surface area contributed by atoms with E-state index in [9.17, 15) is 23.5 Å². The molecule has 6 aliphatic rings. The molecule has 0 aromatic rings. The number of ketones is 2. The highest BCUT2D eigenvalue weighted by Crippen LogP contribution is 2.70. The molecule has 0 radical (unpaired) electrons. The first-order valence-corrected chi connectivity index (χ1v) is 19.9. The molecule has 4 bridgehead atoms. The molecule has 6 saturated carbocycles. The fourth-order valence-electron chi connectivity index (χ4n) is 13.7. The summed E-state index contributed by atoms with van der Waals surface area (Å²) in [6.07, 6.45) is 7.82. The minimum Gasteiger partial charge on any atom is -0.393 e. The third-order valence-corrected chi connectivity index (χ3v) is 17.3. The first-order valence-electron chi connectivity index (χ1n) is 19.9. The minimum atomic E-state index is -1.07. The molecule has 0 aromatic heterocycles. The highest BCUT2D eigenvalue weighted by Gasteiger charge is 2.69. The van der Waals surface area contributed by atoms with Crippen molar-refractivity contribution < 1.29 is 42.4 Å². The molecule has 9 heteroatoms. The smallest absolute Gasteiger partial charge is 0.146 e. The number of aliphatic hydroxyl groups is 1. The van der Waals surface area contributed by atoms with Gasteiger partial charge in [-0.2, -0.15) is 0 Å². The van der Waals surface area contributed by atoms with Crippen LogP contribution in [0.2, 0.25) is 0 Å². The number of ether oxygens (including phenoxy) is 4. The second-order valence-electron chi connectivity index (χ2n) is 19.2. The van der Waals surface area contributed by atoms with E-state index in [2.05, 4.69) is 27.7 Å². The van der Waals surface area contributed by atoms with Crippen LogP contribution < -0.4 is 0 Å². The van der Waals surface area contributed by atoms with Crippen LogP contribution >= 0.6 is 0 Å². The summed E-state index contributed by atoms with van der Waals surface area (Å²) in [5.41, 5.74) is -2.86. The summed E-state index contributed by atoms with van der Waals surface area (Å²) in [7, 11) is 5.14. The Bertz CT molecular complexity index is 1280. The Morgan fingerprint density at radius 1 is 0.667 bits per heavy atom. The van der Waals surface area contributed by atoms with E-state index in [1.807, 2.05) is 13.8 Å². The third kappa shape index (κ3) is 5.94. The molecule has 6 fully saturated rings. The molecule has 6 aliphatic carbocycles. The number of alkyl halides is 2. The van der Waals surface area contributed by atoms with Gasteiger partial charge in [0.15, 0.2) is 0 Å². The number of hydrogen-bond acceptors (Lipinski definition) is 7. The number of carbonyl (C=O) groups excluding carboxylic acids is 2. The first-order chi connectivity index (χ1) is 23.9. The molecule has 0 aromatic carbocycles. The van der Waals surface area contributed by atoms with Crippen molar-refractivity contribution in [2.75, 3.05) is 41.5 Å². The Morgan fingerprint density at radius 3 is 1.51 bits per heavy atom. The van der Waals surface area contributed by atoms with E-state index in [1.165, 1.54) is 0 Å². The predicted octanol–water partition coefficient (Wildman–Crippen LogP) is 8.19. The van der Waals surface area contributed by atoms with Crippen molar-refractivity contribution in [1.82, 2.24) is 0 Å². The van der Waals surface area contributed by atoms with Gasteiger partial charge in [0.2, 0.25) is 0 Å². The van der Waals surface area contributed by atoms with Crippen LogP contribution in [0, 0.1) is 68.0 Å². The topological polar surface area (TPSA) is 91.3 Å². The zero-order valence-corrected chi connectivity index (χ0v) is 33.6. The molecule has 4 unspecified atom stereocenters. The second-order valence-corrected chi connectivity index (χ2v) is 19.2. The van der Waals surface area contributed by atoms with Crippen LogP contribution in [0.25, 0.3) is 0 Å². The lowest BCUT2D eigenvalue weighted by Crippen LogP contribution is -2.63. The molecule has 0 heterocycles. The van der Waals surface area contributed by atoms with Gasteiger partial charge in [-0.15, -0.1) is 0 Å². The van der Waals surface area contributed by atoms with E-state index >= 15 is 0 Å². The van der Waals surface area contributed by atoms with Gasteiger partial charge in [0.05, 0.1) is 35.2 Å². The van der Waals surface area contributed by atoms with Gasteiger partial charge < -0.3 is 24.1 Å². The molecule has 51 heavy (non-hydrogen) atoms. The number of hydrogen-bond donors (Lipinski definition) is 1. The summed E-state index contributed by atoms with van der Waals surface area (Å²) in [6, 6.07) is 0. The van der Waals surface area contributed by atoms with E-state index < -0.39 is 30.3 Å². The number of halogens is 2. The molecule has 7 nitrogen and oxygen atoms in total. The highest BCUT2D eigenvalue weighted by molar-refractivity contribution is 5.88. The van der Waals surface area contributed by atoms with Crippen LogP contribution in [-0.4, -0.2) is 82.6 Å². The number of Topliss-reactive ketones (excluding diaryl/α,β-unsaturated/α-hetero) is 2. The molecule has 0 spiro atoms. The van der Waals surface area contributed by atoms with E-state index in [0.29, 0.717) is 18.3 Å². The molecule has 0 saturated heterocycles. The van der Waals surface area contributed by atoms with Gasteiger partial charge in [0.25, 0.3) is 0 Å². The summed E-state index contributed by atoms with van der Waals surface area (Å²) >= 11 is 0. The maximum atomic E-state index is 14.2. The molecule has 0 amide bonds. The van der Waals surface area contributed by atoms with Gasteiger partial charge in [0, 0.05) is 44.0 Å². The molecular formula is C42H70F2O7.